The summed E-state index contributed by atoms with van der Waals surface area (Å²) in [7, 11) is 0. The largest absolute Gasteiger partial charge is 0.417 e. The molecule has 0 aliphatic heterocycles. The van der Waals surface area contributed by atoms with Gasteiger partial charge in [-0.15, -0.1) is 11.3 Å². The Morgan fingerprint density at radius 3 is 2.62 bits per heavy atom. The van der Waals surface area contributed by atoms with E-state index in [1.807, 2.05) is 13.8 Å². The Kier molecular flexibility index (Phi) is 4.19. The Morgan fingerprint density at radius 2 is 2.10 bits per heavy atom. The van der Waals surface area contributed by atoms with Crippen molar-refractivity contribution < 1.29 is 13.2 Å². The molecule has 2 rings (SSSR count). The van der Waals surface area contributed by atoms with Crippen molar-refractivity contribution in [2.75, 3.05) is 5.32 Å². The number of alkyl halides is 3. The molecule has 1 heterocycles. The summed E-state index contributed by atoms with van der Waals surface area (Å²) in [6, 6.07) is 5.09. The minimum atomic E-state index is -4.56. The number of thiazole rings is 1. The molecule has 0 saturated heterocycles. The van der Waals surface area contributed by atoms with Gasteiger partial charge in [-0.2, -0.15) is 18.4 Å². The third-order valence-corrected chi connectivity index (χ3v) is 3.85. The highest BCUT2D eigenvalue weighted by Crippen LogP contribution is 2.34. The van der Waals surface area contributed by atoms with Crippen LogP contribution in [0, 0.1) is 18.3 Å². The number of halogens is 3. The normalized spacial score (nSPS) is 11.2. The quantitative estimate of drug-likeness (QED) is 0.897. The molecule has 0 aliphatic carbocycles. The number of nitrogens with one attached hydrogen (secondary N) is 1. The average Bonchev–Trinajstić information content (AvgIpc) is 2.77. The van der Waals surface area contributed by atoms with Gasteiger partial charge in [-0.25, -0.2) is 4.98 Å². The maximum absolute atomic E-state index is 12.9. The number of aryl methyl sites for hydroxylation is 2. The summed E-state index contributed by atoms with van der Waals surface area (Å²) in [6.07, 6.45) is -3.79. The van der Waals surface area contributed by atoms with Crippen molar-refractivity contribution >= 4 is 22.2 Å². The van der Waals surface area contributed by atoms with Gasteiger partial charge in [0.25, 0.3) is 0 Å². The molecule has 0 saturated carbocycles. The van der Waals surface area contributed by atoms with Crippen LogP contribution in [0.2, 0.25) is 0 Å². The van der Waals surface area contributed by atoms with E-state index in [0.29, 0.717) is 5.13 Å². The number of hydrogen-bond donors (Lipinski definition) is 1. The van der Waals surface area contributed by atoms with Gasteiger partial charge in [0.1, 0.15) is 0 Å². The van der Waals surface area contributed by atoms with Crippen LogP contribution >= 0.6 is 11.3 Å². The van der Waals surface area contributed by atoms with Crippen LogP contribution in [0.4, 0.5) is 24.0 Å². The topological polar surface area (TPSA) is 48.7 Å². The lowest BCUT2D eigenvalue weighted by Crippen LogP contribution is -2.08. The van der Waals surface area contributed by atoms with Crippen molar-refractivity contribution in [2.24, 2.45) is 0 Å². The first-order valence-corrected chi connectivity index (χ1v) is 7.01. The zero-order valence-corrected chi connectivity index (χ0v) is 12.2. The van der Waals surface area contributed by atoms with Crippen LogP contribution in [0.25, 0.3) is 0 Å². The van der Waals surface area contributed by atoms with Crippen molar-refractivity contribution in [1.82, 2.24) is 4.98 Å². The highest BCUT2D eigenvalue weighted by molar-refractivity contribution is 7.15. The molecule has 110 valence electrons. The van der Waals surface area contributed by atoms with Gasteiger partial charge in [0.05, 0.1) is 22.9 Å². The SMILES string of the molecule is CCc1nc(Nc2ccc(C#N)c(C(F)(F)F)c2)sc1C. The predicted octanol–water partition coefficient (Wildman–Crippen LogP) is 4.65. The first kappa shape index (κ1) is 15.3. The standard InChI is InChI=1S/C14H12F3N3S/c1-3-12-8(2)21-13(20-12)19-10-5-4-9(7-18)11(6-10)14(15,16)17/h4-6H,3H2,1-2H3,(H,19,20). The Labute approximate surface area is 124 Å². The van der Waals surface area contributed by atoms with Crippen LogP contribution in [-0.2, 0) is 12.6 Å². The maximum atomic E-state index is 12.9. The van der Waals surface area contributed by atoms with Crippen molar-refractivity contribution in [3.63, 3.8) is 0 Å². The molecule has 0 aliphatic rings. The lowest BCUT2D eigenvalue weighted by Gasteiger charge is -2.11. The molecule has 1 N–H and O–H groups in total. The molecule has 0 radical (unpaired) electrons. The van der Waals surface area contributed by atoms with Crippen LogP contribution in [-0.4, -0.2) is 4.98 Å². The van der Waals surface area contributed by atoms with E-state index in [0.717, 1.165) is 29.1 Å². The van der Waals surface area contributed by atoms with Crippen LogP contribution in [0.1, 0.15) is 28.6 Å². The second kappa shape index (κ2) is 5.74. The number of rotatable bonds is 3. The van der Waals surface area contributed by atoms with E-state index in [-0.39, 0.29) is 5.69 Å². The number of anilines is 2. The molecule has 21 heavy (non-hydrogen) atoms. The molecule has 0 spiro atoms. The van der Waals surface area contributed by atoms with Crippen LogP contribution in [0.5, 0.6) is 0 Å². The number of aromatic nitrogens is 1. The molecular weight excluding hydrogens is 299 g/mol. The molecule has 0 fully saturated rings. The van der Waals surface area contributed by atoms with E-state index in [1.54, 1.807) is 6.07 Å². The Bertz CT molecular complexity index is 698. The van der Waals surface area contributed by atoms with E-state index in [2.05, 4.69) is 10.3 Å². The van der Waals surface area contributed by atoms with Gasteiger partial charge >= 0.3 is 6.18 Å². The summed E-state index contributed by atoms with van der Waals surface area (Å²) in [6.45, 7) is 3.89. The smallest absolute Gasteiger partial charge is 0.332 e. The zero-order chi connectivity index (χ0) is 15.6. The molecule has 1 aromatic carbocycles. The minimum absolute atomic E-state index is 0.262. The third-order valence-electron chi connectivity index (χ3n) is 2.92. The molecule has 3 nitrogen and oxygen atoms in total. The number of hydrogen-bond acceptors (Lipinski definition) is 4. The lowest BCUT2D eigenvalue weighted by molar-refractivity contribution is -0.137. The average molecular weight is 311 g/mol. The van der Waals surface area contributed by atoms with E-state index in [9.17, 15) is 13.2 Å². The highest BCUT2D eigenvalue weighted by Gasteiger charge is 2.33. The van der Waals surface area contributed by atoms with Gasteiger partial charge in [0.15, 0.2) is 5.13 Å². The highest BCUT2D eigenvalue weighted by atomic mass is 32.1. The van der Waals surface area contributed by atoms with Crippen LogP contribution in [0.3, 0.4) is 0 Å². The number of benzene rings is 1. The van der Waals surface area contributed by atoms with Gasteiger partial charge in [0.2, 0.25) is 0 Å². The van der Waals surface area contributed by atoms with Crippen molar-refractivity contribution in [3.8, 4) is 6.07 Å². The second-order valence-electron chi connectivity index (χ2n) is 4.37. The molecule has 0 unspecified atom stereocenters. The third kappa shape index (κ3) is 3.34. The van der Waals surface area contributed by atoms with Crippen molar-refractivity contribution in [2.45, 2.75) is 26.4 Å². The van der Waals surface area contributed by atoms with Crippen molar-refractivity contribution in [1.29, 1.82) is 5.26 Å². The van der Waals surface area contributed by atoms with Gasteiger partial charge in [-0.05, 0) is 31.5 Å². The fourth-order valence-electron chi connectivity index (χ4n) is 1.89. The molecule has 2 aromatic rings. The van der Waals surface area contributed by atoms with E-state index >= 15 is 0 Å². The first-order valence-electron chi connectivity index (χ1n) is 6.19. The fourth-order valence-corrected chi connectivity index (χ4v) is 2.81. The molecule has 7 heteroatoms. The lowest BCUT2D eigenvalue weighted by atomic mass is 10.1. The van der Waals surface area contributed by atoms with Crippen molar-refractivity contribution in [3.05, 3.63) is 39.9 Å². The molecule has 0 bridgehead atoms. The summed E-state index contributed by atoms with van der Waals surface area (Å²) in [4.78, 5) is 5.35. The summed E-state index contributed by atoms with van der Waals surface area (Å²) < 4.78 is 38.7. The Balaban J connectivity index is 2.35. The molecule has 1 aromatic heterocycles. The van der Waals surface area contributed by atoms with Gasteiger partial charge in [-0.3, -0.25) is 0 Å². The molecule has 0 amide bonds. The molecular formula is C14H12F3N3S. The van der Waals surface area contributed by atoms with Gasteiger partial charge < -0.3 is 5.32 Å². The minimum Gasteiger partial charge on any atom is -0.332 e. The van der Waals surface area contributed by atoms with Gasteiger partial charge in [-0.1, -0.05) is 6.92 Å². The van der Waals surface area contributed by atoms with E-state index in [1.165, 1.54) is 17.4 Å². The monoisotopic (exact) mass is 311 g/mol. The van der Waals surface area contributed by atoms with E-state index in [4.69, 9.17) is 5.26 Å². The summed E-state index contributed by atoms with van der Waals surface area (Å²) in [5.41, 5.74) is -0.151. The van der Waals surface area contributed by atoms with E-state index < -0.39 is 17.3 Å². The fraction of sp³-hybridized carbons (Fsp3) is 0.286. The Hall–Kier alpha value is -2.07. The summed E-state index contributed by atoms with van der Waals surface area (Å²) >= 11 is 1.39. The predicted molar refractivity (Wildman–Crippen MR) is 75.7 cm³/mol. The first-order chi connectivity index (χ1) is 9.85. The second-order valence-corrected chi connectivity index (χ2v) is 5.57. The number of nitriles is 1. The molecule has 0 atom stereocenters. The summed E-state index contributed by atoms with van der Waals surface area (Å²) in [5, 5.41) is 12.2. The maximum Gasteiger partial charge on any atom is 0.417 e. The van der Waals surface area contributed by atoms with Crippen LogP contribution in [0.15, 0.2) is 18.2 Å². The summed E-state index contributed by atoms with van der Waals surface area (Å²) in [5.74, 6) is 0. The van der Waals surface area contributed by atoms with Gasteiger partial charge in [0, 0.05) is 10.6 Å². The zero-order valence-electron chi connectivity index (χ0n) is 11.4. The Morgan fingerprint density at radius 1 is 1.38 bits per heavy atom. The number of nitrogens with zero attached hydrogens (tertiary/aromatic N) is 2. The van der Waals surface area contributed by atoms with Crippen LogP contribution < -0.4 is 5.32 Å².